The Morgan fingerprint density at radius 2 is 2.14 bits per heavy atom. The average Bonchev–Trinajstić information content (AvgIpc) is 2.20. The topological polar surface area (TPSA) is 49.3 Å². The molecule has 0 unspecified atom stereocenters. The maximum atomic E-state index is 11.0. The number of thioether (sulfide) groups is 3. The second kappa shape index (κ2) is 11.6. The Labute approximate surface area is 98.2 Å². The molecule has 2 N–H and O–H groups in total. The van der Waals surface area contributed by atoms with Gasteiger partial charge in [-0.2, -0.15) is 11.8 Å². The van der Waals surface area contributed by atoms with E-state index < -0.39 is 0 Å². The highest BCUT2D eigenvalue weighted by molar-refractivity contribution is 8.16. The molecule has 0 aliphatic heterocycles. The van der Waals surface area contributed by atoms with Crippen LogP contribution in [0, 0.1) is 0 Å². The van der Waals surface area contributed by atoms with E-state index in [0.717, 1.165) is 28.4 Å². The van der Waals surface area contributed by atoms with Gasteiger partial charge in [-0.05, 0) is 5.75 Å². The zero-order chi connectivity index (χ0) is 10.6. The molecule has 0 bridgehead atoms. The van der Waals surface area contributed by atoms with E-state index in [4.69, 9.17) is 5.11 Å². The fraction of sp³-hybridized carbons (Fsp3) is 0.875. The van der Waals surface area contributed by atoms with E-state index in [0.29, 0.717) is 12.3 Å². The minimum absolute atomic E-state index is 0.0391. The van der Waals surface area contributed by atoms with E-state index >= 15 is 0 Å². The molecule has 0 saturated heterocycles. The maximum absolute atomic E-state index is 11.0. The van der Waals surface area contributed by atoms with Crippen LogP contribution in [-0.4, -0.2) is 45.8 Å². The lowest BCUT2D eigenvalue weighted by Crippen LogP contribution is -2.22. The van der Waals surface area contributed by atoms with Crippen molar-refractivity contribution in [1.82, 2.24) is 5.32 Å². The summed E-state index contributed by atoms with van der Waals surface area (Å²) in [6.07, 6.45) is 0. The summed E-state index contributed by atoms with van der Waals surface area (Å²) < 4.78 is 0. The maximum Gasteiger partial charge on any atom is 0.279 e. The summed E-state index contributed by atoms with van der Waals surface area (Å²) in [7, 11) is 0. The van der Waals surface area contributed by atoms with Crippen molar-refractivity contribution in [3.63, 3.8) is 0 Å². The predicted molar refractivity (Wildman–Crippen MR) is 68.4 cm³/mol. The summed E-state index contributed by atoms with van der Waals surface area (Å²) in [5, 5.41) is 12.3. The predicted octanol–water partition coefficient (Wildman–Crippen LogP) is 1.87. The minimum Gasteiger partial charge on any atom is -0.396 e. The van der Waals surface area contributed by atoms with Crippen molar-refractivity contribution in [1.29, 1.82) is 0 Å². The first-order valence-corrected chi connectivity index (χ1v) is 7.77. The second-order valence-electron chi connectivity index (χ2n) is 2.31. The van der Waals surface area contributed by atoms with Gasteiger partial charge in [-0.15, -0.1) is 11.8 Å². The quantitative estimate of drug-likeness (QED) is 0.512. The van der Waals surface area contributed by atoms with Gasteiger partial charge in [-0.1, -0.05) is 18.7 Å². The molecule has 0 aromatic rings. The van der Waals surface area contributed by atoms with E-state index in [2.05, 4.69) is 12.2 Å². The first kappa shape index (κ1) is 14.5. The van der Waals surface area contributed by atoms with Gasteiger partial charge in [-0.3, -0.25) is 4.79 Å². The van der Waals surface area contributed by atoms with Crippen LogP contribution in [0.3, 0.4) is 0 Å². The van der Waals surface area contributed by atoms with Crippen LogP contribution >= 0.6 is 35.3 Å². The summed E-state index contributed by atoms with van der Waals surface area (Å²) in [6.45, 7) is 2.91. The lowest BCUT2D eigenvalue weighted by molar-refractivity contribution is 0.261. The molecule has 0 fully saturated rings. The van der Waals surface area contributed by atoms with E-state index in [1.165, 1.54) is 0 Å². The fourth-order valence-electron chi connectivity index (χ4n) is 0.616. The number of carbonyl (C=O) groups excluding carboxylic acids is 1. The number of hydrogen-bond acceptors (Lipinski definition) is 5. The lowest BCUT2D eigenvalue weighted by Gasteiger charge is -2.03. The highest BCUT2D eigenvalue weighted by Gasteiger charge is 1.99. The van der Waals surface area contributed by atoms with Gasteiger partial charge < -0.3 is 10.4 Å². The van der Waals surface area contributed by atoms with Crippen LogP contribution in [0.2, 0.25) is 0 Å². The molecule has 0 spiro atoms. The fourth-order valence-corrected chi connectivity index (χ4v) is 2.95. The Morgan fingerprint density at radius 1 is 1.36 bits per heavy atom. The van der Waals surface area contributed by atoms with Crippen molar-refractivity contribution in [3.05, 3.63) is 0 Å². The zero-order valence-corrected chi connectivity index (χ0v) is 10.8. The standard InChI is InChI=1S/C8H17NO2S3/c1-2-12-7-13-5-3-9-8(11)14-6-4-10/h10H,2-7H2,1H3,(H,9,11). The molecular weight excluding hydrogens is 238 g/mol. The number of rotatable bonds is 8. The largest absolute Gasteiger partial charge is 0.396 e. The minimum atomic E-state index is -0.0391. The third-order valence-electron chi connectivity index (χ3n) is 1.21. The Bertz CT molecular complexity index is 147. The third kappa shape index (κ3) is 10.6. The molecule has 0 aromatic carbocycles. The molecule has 0 saturated carbocycles. The number of carbonyl (C=O) groups is 1. The van der Waals surface area contributed by atoms with Crippen LogP contribution < -0.4 is 5.32 Å². The van der Waals surface area contributed by atoms with E-state index in [9.17, 15) is 4.79 Å². The number of amides is 1. The summed E-state index contributed by atoms with van der Waals surface area (Å²) >= 11 is 4.86. The normalized spacial score (nSPS) is 10.1. The highest BCUT2D eigenvalue weighted by Crippen LogP contribution is 2.10. The summed E-state index contributed by atoms with van der Waals surface area (Å²) in [4.78, 5) is 11.0. The van der Waals surface area contributed by atoms with Crippen LogP contribution in [0.4, 0.5) is 4.79 Å². The van der Waals surface area contributed by atoms with E-state index in [1.807, 2.05) is 23.5 Å². The monoisotopic (exact) mass is 255 g/mol. The molecule has 0 rings (SSSR count). The Morgan fingerprint density at radius 3 is 2.79 bits per heavy atom. The molecule has 0 atom stereocenters. The van der Waals surface area contributed by atoms with Gasteiger partial charge in [0.05, 0.1) is 6.61 Å². The number of hydrogen-bond donors (Lipinski definition) is 2. The summed E-state index contributed by atoms with van der Waals surface area (Å²) in [5.74, 6) is 2.58. The van der Waals surface area contributed by atoms with Gasteiger partial charge >= 0.3 is 0 Å². The molecule has 14 heavy (non-hydrogen) atoms. The van der Waals surface area contributed by atoms with Crippen LogP contribution in [0.15, 0.2) is 0 Å². The Balaban J connectivity index is 3.07. The van der Waals surface area contributed by atoms with Gasteiger partial charge in [0.25, 0.3) is 5.24 Å². The number of aliphatic hydroxyl groups excluding tert-OH is 1. The molecule has 0 aromatic heterocycles. The van der Waals surface area contributed by atoms with Gasteiger partial charge in [0, 0.05) is 23.1 Å². The molecular formula is C8H17NO2S3. The van der Waals surface area contributed by atoms with E-state index in [1.54, 1.807) is 0 Å². The SMILES string of the molecule is CCSCSCCNC(=O)SCCO. The average molecular weight is 255 g/mol. The van der Waals surface area contributed by atoms with Crippen molar-refractivity contribution >= 4 is 40.5 Å². The number of aliphatic hydroxyl groups is 1. The Kier molecular flexibility index (Phi) is 12.0. The molecule has 0 aliphatic carbocycles. The van der Waals surface area contributed by atoms with Crippen molar-refractivity contribution in [2.75, 3.05) is 35.5 Å². The summed E-state index contributed by atoms with van der Waals surface area (Å²) in [5.41, 5.74) is 0. The first-order valence-electron chi connectivity index (χ1n) is 4.48. The van der Waals surface area contributed by atoms with Crippen molar-refractivity contribution in [2.45, 2.75) is 6.92 Å². The van der Waals surface area contributed by atoms with Gasteiger partial charge in [-0.25, -0.2) is 0 Å². The van der Waals surface area contributed by atoms with Crippen LogP contribution in [0.25, 0.3) is 0 Å². The van der Waals surface area contributed by atoms with Gasteiger partial charge in [0.2, 0.25) is 0 Å². The van der Waals surface area contributed by atoms with Crippen molar-refractivity contribution in [2.24, 2.45) is 0 Å². The van der Waals surface area contributed by atoms with Crippen LogP contribution in [0.5, 0.6) is 0 Å². The molecule has 1 amide bonds. The second-order valence-corrected chi connectivity index (χ2v) is 6.12. The van der Waals surface area contributed by atoms with Crippen LogP contribution in [-0.2, 0) is 0 Å². The molecule has 3 nitrogen and oxygen atoms in total. The van der Waals surface area contributed by atoms with Crippen LogP contribution in [0.1, 0.15) is 6.92 Å². The number of nitrogens with one attached hydrogen (secondary N) is 1. The summed E-state index contributed by atoms with van der Waals surface area (Å²) in [6, 6.07) is 0. The Hall–Kier alpha value is 0.480. The molecule has 0 aliphatic rings. The third-order valence-corrected chi connectivity index (χ3v) is 4.24. The first-order chi connectivity index (χ1) is 6.81. The smallest absolute Gasteiger partial charge is 0.279 e. The van der Waals surface area contributed by atoms with Crippen molar-refractivity contribution in [3.8, 4) is 0 Å². The van der Waals surface area contributed by atoms with Gasteiger partial charge in [0.1, 0.15) is 0 Å². The zero-order valence-electron chi connectivity index (χ0n) is 8.32. The van der Waals surface area contributed by atoms with Crippen molar-refractivity contribution < 1.29 is 9.90 Å². The lowest BCUT2D eigenvalue weighted by atomic mass is 10.8. The molecule has 0 radical (unpaired) electrons. The molecule has 6 heteroatoms. The van der Waals surface area contributed by atoms with Gasteiger partial charge in [0.15, 0.2) is 0 Å². The molecule has 0 heterocycles. The molecule has 84 valence electrons. The van der Waals surface area contributed by atoms with E-state index in [-0.39, 0.29) is 11.8 Å². The highest BCUT2D eigenvalue weighted by atomic mass is 32.2.